The zero-order valence-electron chi connectivity index (χ0n) is 20.7. The minimum absolute atomic E-state index is 0.0611. The number of hydrogen-bond donors (Lipinski definition) is 3. The zero-order chi connectivity index (χ0) is 26.5. The minimum atomic E-state index is -4.55. The molecule has 2 aliphatic rings. The fraction of sp³-hybridized carbons (Fsp3) is 0.500. The molecule has 0 spiro atoms. The maximum Gasteiger partial charge on any atom is 0.416 e. The van der Waals surface area contributed by atoms with E-state index in [2.05, 4.69) is 20.3 Å². The van der Waals surface area contributed by atoms with Gasteiger partial charge in [0.2, 0.25) is 5.91 Å². The van der Waals surface area contributed by atoms with Crippen molar-refractivity contribution in [1.82, 2.24) is 29.7 Å². The number of fused-ring (bicyclic) bond motifs is 1. The lowest BCUT2D eigenvalue weighted by Crippen LogP contribution is -2.56. The molecule has 1 saturated carbocycles. The van der Waals surface area contributed by atoms with Crippen molar-refractivity contribution >= 4 is 28.6 Å². The van der Waals surface area contributed by atoms with Crippen LogP contribution in [0.4, 0.5) is 24.7 Å². The number of carbonyl (C=O) groups excluding carboxylic acids is 1. The lowest BCUT2D eigenvalue weighted by atomic mass is 9.96. The summed E-state index contributed by atoms with van der Waals surface area (Å²) in [7, 11) is 3.44. The molecule has 0 radical (unpaired) electrons. The van der Waals surface area contributed by atoms with Crippen LogP contribution in [0.15, 0.2) is 24.8 Å². The zero-order valence-corrected chi connectivity index (χ0v) is 20.7. The van der Waals surface area contributed by atoms with E-state index >= 15 is 0 Å². The monoisotopic (exact) mass is 517 g/mol. The molecule has 198 valence electrons. The van der Waals surface area contributed by atoms with E-state index in [1.54, 1.807) is 23.6 Å². The van der Waals surface area contributed by atoms with Crippen LogP contribution in [0.1, 0.15) is 36.0 Å². The fourth-order valence-electron chi connectivity index (χ4n) is 4.88. The number of nitrogens with two attached hydrogens (primary N) is 2. The molecule has 5 N–H and O–H groups in total. The van der Waals surface area contributed by atoms with Crippen LogP contribution in [-0.2, 0) is 24.1 Å². The summed E-state index contributed by atoms with van der Waals surface area (Å²) in [5.74, 6) is -0.0251. The first kappa shape index (κ1) is 25.2. The van der Waals surface area contributed by atoms with Crippen molar-refractivity contribution in [1.29, 1.82) is 0 Å². The van der Waals surface area contributed by atoms with Crippen LogP contribution in [0.3, 0.4) is 0 Å². The van der Waals surface area contributed by atoms with E-state index in [1.807, 2.05) is 4.90 Å². The number of anilines is 2. The number of rotatable bonds is 7. The van der Waals surface area contributed by atoms with Crippen LogP contribution in [0, 0.1) is 0 Å². The number of alkyl halides is 3. The Labute approximate surface area is 211 Å². The average molecular weight is 518 g/mol. The third-order valence-corrected chi connectivity index (χ3v) is 6.95. The Morgan fingerprint density at radius 2 is 1.97 bits per heavy atom. The maximum atomic E-state index is 14.2. The number of imidazole rings is 1. The van der Waals surface area contributed by atoms with Crippen molar-refractivity contribution < 1.29 is 18.0 Å². The number of carbonyl (C=O) groups is 1. The van der Waals surface area contributed by atoms with Crippen LogP contribution in [0.2, 0.25) is 0 Å². The van der Waals surface area contributed by atoms with Crippen molar-refractivity contribution in [2.75, 3.05) is 37.8 Å². The van der Waals surface area contributed by atoms with Gasteiger partial charge in [0, 0.05) is 36.9 Å². The summed E-state index contributed by atoms with van der Waals surface area (Å²) in [6, 6.07) is 2.76. The molecule has 1 amide bonds. The Morgan fingerprint density at radius 1 is 1.22 bits per heavy atom. The number of halogens is 3. The van der Waals surface area contributed by atoms with Gasteiger partial charge in [0.1, 0.15) is 17.4 Å². The van der Waals surface area contributed by atoms with Crippen molar-refractivity contribution in [3.05, 3.63) is 41.5 Å². The Hall–Kier alpha value is -3.45. The number of nitrogen functional groups attached to an aromatic ring is 1. The third-order valence-electron chi connectivity index (χ3n) is 6.95. The molecule has 13 heteroatoms. The van der Waals surface area contributed by atoms with Crippen LogP contribution < -0.4 is 21.7 Å². The first-order valence-electron chi connectivity index (χ1n) is 12.1. The fourth-order valence-corrected chi connectivity index (χ4v) is 4.88. The molecule has 1 atom stereocenters. The first-order valence-corrected chi connectivity index (χ1v) is 12.1. The van der Waals surface area contributed by atoms with Gasteiger partial charge in [0.15, 0.2) is 11.5 Å². The number of amides is 1. The summed E-state index contributed by atoms with van der Waals surface area (Å²) in [5.41, 5.74) is 12.6. The molecule has 37 heavy (non-hydrogen) atoms. The highest BCUT2D eigenvalue weighted by Crippen LogP contribution is 2.40. The predicted molar refractivity (Wildman–Crippen MR) is 133 cm³/mol. The molecule has 0 bridgehead atoms. The second-order valence-electron chi connectivity index (χ2n) is 10.2. The van der Waals surface area contributed by atoms with Crippen molar-refractivity contribution in [3.8, 4) is 0 Å². The molecule has 3 aromatic rings. The smallest absolute Gasteiger partial charge is 0.382 e. The molecule has 5 rings (SSSR count). The summed E-state index contributed by atoms with van der Waals surface area (Å²) in [6.07, 6.45) is 0.525. The molecule has 2 fully saturated rings. The SMILES string of the molecule is CN(C)Cc1c(C(F)(F)F)ccc(N2CC[C@](N)(C(=O)NC3CC3)C2)c1Cn1cnc2c(N)ncnc21. The number of benzene rings is 1. The number of nitrogens with one attached hydrogen (secondary N) is 1. The number of nitrogens with zero attached hydrogens (tertiary/aromatic N) is 6. The van der Waals surface area contributed by atoms with Crippen molar-refractivity contribution in [2.45, 2.75) is 50.1 Å². The van der Waals surface area contributed by atoms with Gasteiger partial charge in [-0.05, 0) is 51.1 Å². The Balaban J connectivity index is 1.59. The van der Waals surface area contributed by atoms with E-state index in [-0.39, 0.29) is 43.0 Å². The summed E-state index contributed by atoms with van der Waals surface area (Å²) in [6.45, 7) is 0.766. The lowest BCUT2D eigenvalue weighted by Gasteiger charge is -2.29. The molecule has 1 aliphatic heterocycles. The van der Waals surface area contributed by atoms with E-state index < -0.39 is 17.3 Å². The van der Waals surface area contributed by atoms with Gasteiger partial charge in [0.25, 0.3) is 0 Å². The highest BCUT2D eigenvalue weighted by molar-refractivity contribution is 5.88. The Kier molecular flexibility index (Phi) is 6.23. The highest BCUT2D eigenvalue weighted by Gasteiger charge is 2.44. The summed E-state index contributed by atoms with van der Waals surface area (Å²) in [5, 5.41) is 2.97. The lowest BCUT2D eigenvalue weighted by molar-refractivity contribution is -0.138. The number of hydrogen-bond acceptors (Lipinski definition) is 8. The first-order chi connectivity index (χ1) is 17.5. The van der Waals surface area contributed by atoms with Gasteiger partial charge >= 0.3 is 6.18 Å². The normalized spacial score (nSPS) is 20.2. The van der Waals surface area contributed by atoms with E-state index in [1.165, 1.54) is 18.7 Å². The highest BCUT2D eigenvalue weighted by atomic mass is 19.4. The van der Waals surface area contributed by atoms with Crippen LogP contribution in [-0.4, -0.2) is 69.1 Å². The van der Waals surface area contributed by atoms with Crippen molar-refractivity contribution in [3.63, 3.8) is 0 Å². The van der Waals surface area contributed by atoms with E-state index in [4.69, 9.17) is 11.5 Å². The predicted octanol–water partition coefficient (Wildman–Crippen LogP) is 1.72. The van der Waals surface area contributed by atoms with Crippen molar-refractivity contribution in [2.24, 2.45) is 5.73 Å². The van der Waals surface area contributed by atoms with Crippen LogP contribution in [0.25, 0.3) is 11.2 Å². The van der Waals surface area contributed by atoms with E-state index in [0.29, 0.717) is 35.4 Å². The summed E-state index contributed by atoms with van der Waals surface area (Å²) < 4.78 is 44.2. The van der Waals surface area contributed by atoms with Crippen LogP contribution in [0.5, 0.6) is 0 Å². The third kappa shape index (κ3) is 4.92. The van der Waals surface area contributed by atoms with Gasteiger partial charge in [-0.25, -0.2) is 15.0 Å². The molecule has 1 aromatic carbocycles. The Morgan fingerprint density at radius 3 is 2.65 bits per heavy atom. The van der Waals surface area contributed by atoms with E-state index in [0.717, 1.165) is 18.9 Å². The van der Waals surface area contributed by atoms with Gasteiger partial charge < -0.3 is 31.2 Å². The molecule has 3 heterocycles. The minimum Gasteiger partial charge on any atom is -0.382 e. The quantitative estimate of drug-likeness (QED) is 0.432. The molecule has 2 aromatic heterocycles. The van der Waals surface area contributed by atoms with Gasteiger partial charge in [-0.15, -0.1) is 0 Å². The van der Waals surface area contributed by atoms with Crippen LogP contribution >= 0.6 is 0 Å². The van der Waals surface area contributed by atoms with E-state index in [9.17, 15) is 18.0 Å². The largest absolute Gasteiger partial charge is 0.416 e. The molecule has 1 aliphatic carbocycles. The topological polar surface area (TPSA) is 131 Å². The second kappa shape index (κ2) is 9.14. The van der Waals surface area contributed by atoms with Gasteiger partial charge in [-0.1, -0.05) is 0 Å². The molecule has 1 saturated heterocycles. The molecular formula is C24H30F3N9O. The maximum absolute atomic E-state index is 14.2. The standard InChI is InChI=1S/C24H30F3N9O/c1-34(2)9-15-16(10-36-13-32-19-20(28)30-12-31-21(19)36)18(6-5-17(15)24(25,26)27)35-8-7-23(29,11-35)22(37)33-14-3-4-14/h5-6,12-14H,3-4,7-11,29H2,1-2H3,(H,33,37)(H2,28,30,31)/t23-/m1/s1. The Bertz CT molecular complexity index is 1330. The van der Waals surface area contributed by atoms with Gasteiger partial charge in [-0.3, -0.25) is 4.79 Å². The number of aromatic nitrogens is 4. The van der Waals surface area contributed by atoms with Gasteiger partial charge in [-0.2, -0.15) is 13.2 Å². The van der Waals surface area contributed by atoms with Gasteiger partial charge in [0.05, 0.1) is 18.4 Å². The summed E-state index contributed by atoms with van der Waals surface area (Å²) in [4.78, 5) is 28.9. The molecule has 10 nitrogen and oxygen atoms in total. The summed E-state index contributed by atoms with van der Waals surface area (Å²) >= 11 is 0. The molecule has 0 unspecified atom stereocenters. The average Bonchev–Trinajstić information content (AvgIpc) is 3.39. The molecular weight excluding hydrogens is 487 g/mol. The second-order valence-corrected chi connectivity index (χ2v) is 10.2.